The average Bonchev–Trinajstić information content (AvgIpc) is 3.12. The molecule has 2 aromatic heterocycles. The van der Waals surface area contributed by atoms with E-state index in [1.54, 1.807) is 17.7 Å². The molecule has 146 valence electrons. The first-order valence-electron chi connectivity index (χ1n) is 8.57. The largest absolute Gasteiger partial charge is 0.352 e. The summed E-state index contributed by atoms with van der Waals surface area (Å²) in [7, 11) is 0. The number of aromatic nitrogens is 2. The Kier molecular flexibility index (Phi) is 8.53. The third-order valence-electron chi connectivity index (χ3n) is 5.29. The van der Waals surface area contributed by atoms with Gasteiger partial charge in [0.25, 0.3) is 0 Å². The summed E-state index contributed by atoms with van der Waals surface area (Å²) < 4.78 is 1.12. The smallest absolute Gasteiger partial charge is 0.230 e. The molecule has 0 aliphatic carbocycles. The predicted molar refractivity (Wildman–Crippen MR) is 113 cm³/mol. The van der Waals surface area contributed by atoms with Crippen LogP contribution in [0.15, 0.2) is 17.8 Å². The van der Waals surface area contributed by atoms with E-state index in [1.165, 1.54) is 0 Å². The summed E-state index contributed by atoms with van der Waals surface area (Å²) in [6, 6.07) is 2.02. The van der Waals surface area contributed by atoms with E-state index < -0.39 is 5.41 Å². The van der Waals surface area contributed by atoms with E-state index in [2.05, 4.69) is 28.7 Å². The molecule has 0 unspecified atom stereocenters. The van der Waals surface area contributed by atoms with Gasteiger partial charge in [-0.25, -0.2) is 9.97 Å². The van der Waals surface area contributed by atoms with Gasteiger partial charge in [0.2, 0.25) is 5.91 Å². The summed E-state index contributed by atoms with van der Waals surface area (Å²) in [5.41, 5.74) is 6.52. The lowest BCUT2D eigenvalue weighted by atomic mass is 9.81. The molecule has 0 saturated carbocycles. The number of piperazine rings is 1. The molecule has 3 heterocycles. The maximum absolute atomic E-state index is 12.9. The number of hydrogen-bond donors (Lipinski definition) is 1. The third-order valence-corrected chi connectivity index (χ3v) is 6.19. The zero-order chi connectivity index (χ0) is 17.2. The number of halogens is 2. The Morgan fingerprint density at radius 1 is 1.19 bits per heavy atom. The van der Waals surface area contributed by atoms with Crippen molar-refractivity contribution in [1.29, 1.82) is 0 Å². The van der Waals surface area contributed by atoms with Crippen molar-refractivity contribution in [3.05, 3.63) is 17.8 Å². The number of hydrogen-bond acceptors (Lipinski definition) is 6. The Morgan fingerprint density at radius 2 is 1.85 bits per heavy atom. The molecular weight excluding hydrogens is 393 g/mol. The first kappa shape index (κ1) is 22.9. The van der Waals surface area contributed by atoms with Crippen LogP contribution in [0.1, 0.15) is 26.7 Å². The normalized spacial score (nSPS) is 14.7. The summed E-state index contributed by atoms with van der Waals surface area (Å²) >= 11 is 1.67. The molecule has 0 spiro atoms. The number of thiophene rings is 1. The molecule has 1 amide bonds. The summed E-state index contributed by atoms with van der Waals surface area (Å²) in [5, 5.41) is 2.04. The molecule has 0 bridgehead atoms. The van der Waals surface area contributed by atoms with Crippen LogP contribution in [0.4, 0.5) is 5.82 Å². The molecule has 3 rings (SSSR count). The van der Waals surface area contributed by atoms with Gasteiger partial charge in [-0.1, -0.05) is 13.8 Å². The van der Waals surface area contributed by atoms with Crippen LogP contribution in [0.3, 0.4) is 0 Å². The molecule has 0 radical (unpaired) electrons. The molecule has 1 fully saturated rings. The second-order valence-electron chi connectivity index (χ2n) is 6.30. The van der Waals surface area contributed by atoms with E-state index >= 15 is 0 Å². The Hall–Kier alpha value is -1.15. The monoisotopic (exact) mass is 419 g/mol. The van der Waals surface area contributed by atoms with E-state index in [-0.39, 0.29) is 30.7 Å². The van der Waals surface area contributed by atoms with Crippen molar-refractivity contribution in [3.63, 3.8) is 0 Å². The van der Waals surface area contributed by atoms with Crippen molar-refractivity contribution in [1.82, 2.24) is 14.9 Å². The number of amides is 1. The Morgan fingerprint density at radius 3 is 2.42 bits per heavy atom. The van der Waals surface area contributed by atoms with E-state index in [4.69, 9.17) is 5.73 Å². The third kappa shape index (κ3) is 4.06. The van der Waals surface area contributed by atoms with Crippen molar-refractivity contribution in [2.45, 2.75) is 26.7 Å². The number of nitrogens with two attached hydrogens (primary N) is 1. The van der Waals surface area contributed by atoms with Gasteiger partial charge in [0.15, 0.2) is 0 Å². The van der Waals surface area contributed by atoms with Crippen molar-refractivity contribution in [2.24, 2.45) is 11.1 Å². The van der Waals surface area contributed by atoms with E-state index in [0.29, 0.717) is 6.54 Å². The minimum absolute atomic E-state index is 0. The fourth-order valence-electron chi connectivity index (χ4n) is 3.39. The molecule has 2 N–H and O–H groups in total. The van der Waals surface area contributed by atoms with Crippen LogP contribution in [0.2, 0.25) is 0 Å². The fourth-order valence-corrected chi connectivity index (χ4v) is 4.25. The fraction of sp³-hybridized carbons (Fsp3) is 0.588. The number of rotatable bonds is 5. The molecule has 0 aromatic carbocycles. The zero-order valence-electron chi connectivity index (χ0n) is 15.2. The van der Waals surface area contributed by atoms with Crippen LogP contribution in [0.5, 0.6) is 0 Å². The van der Waals surface area contributed by atoms with Gasteiger partial charge in [0.05, 0.1) is 15.6 Å². The van der Waals surface area contributed by atoms with Gasteiger partial charge in [-0.15, -0.1) is 36.2 Å². The molecule has 6 nitrogen and oxygen atoms in total. The van der Waals surface area contributed by atoms with E-state index in [0.717, 1.165) is 55.1 Å². The summed E-state index contributed by atoms with van der Waals surface area (Å²) in [6.45, 7) is 7.56. The molecule has 26 heavy (non-hydrogen) atoms. The Labute approximate surface area is 171 Å². The Balaban J connectivity index is 0.00000169. The highest BCUT2D eigenvalue weighted by Gasteiger charge is 2.38. The molecular formula is C17H27Cl2N5OS. The highest BCUT2D eigenvalue weighted by Crippen LogP contribution is 2.31. The second-order valence-corrected chi connectivity index (χ2v) is 7.22. The highest BCUT2D eigenvalue weighted by atomic mass is 35.5. The molecule has 0 atom stereocenters. The van der Waals surface area contributed by atoms with Crippen LogP contribution in [-0.4, -0.2) is 53.5 Å². The second kappa shape index (κ2) is 9.69. The topological polar surface area (TPSA) is 75.4 Å². The lowest BCUT2D eigenvalue weighted by molar-refractivity contribution is -0.142. The summed E-state index contributed by atoms with van der Waals surface area (Å²) in [6.07, 6.45) is 3.21. The van der Waals surface area contributed by atoms with E-state index in [1.807, 2.05) is 16.3 Å². The lowest BCUT2D eigenvalue weighted by Crippen LogP contribution is -2.55. The maximum Gasteiger partial charge on any atom is 0.230 e. The van der Waals surface area contributed by atoms with Gasteiger partial charge in [-0.05, 0) is 24.3 Å². The first-order valence-corrected chi connectivity index (χ1v) is 9.45. The number of anilines is 1. The number of carbonyl (C=O) groups is 1. The SMILES string of the molecule is CCC(CC)(CN)C(=O)N1CCN(c2ncnc3ccsc23)CC1.Cl.Cl. The summed E-state index contributed by atoms with van der Waals surface area (Å²) in [4.78, 5) is 25.9. The van der Waals surface area contributed by atoms with Crippen LogP contribution >= 0.6 is 36.2 Å². The number of carbonyl (C=O) groups excluding carboxylic acids is 1. The standard InChI is InChI=1S/C17H25N5OS.2ClH/c1-3-17(4-2,11-18)16(23)22-8-6-21(7-9-22)15-14-13(5-10-24-14)19-12-20-15;;/h5,10,12H,3-4,6-9,11,18H2,1-2H3;2*1H. The van der Waals surface area contributed by atoms with Crippen molar-refractivity contribution in [3.8, 4) is 0 Å². The van der Waals surface area contributed by atoms with Gasteiger partial charge in [0, 0.05) is 32.7 Å². The molecule has 1 aliphatic heterocycles. The number of nitrogens with zero attached hydrogens (tertiary/aromatic N) is 4. The van der Waals surface area contributed by atoms with Crippen LogP contribution in [-0.2, 0) is 4.79 Å². The van der Waals surface area contributed by atoms with Crippen molar-refractivity contribution >= 4 is 58.1 Å². The van der Waals surface area contributed by atoms with Crippen LogP contribution in [0.25, 0.3) is 10.2 Å². The van der Waals surface area contributed by atoms with E-state index in [9.17, 15) is 4.79 Å². The minimum atomic E-state index is -0.405. The van der Waals surface area contributed by atoms with Crippen molar-refractivity contribution in [2.75, 3.05) is 37.6 Å². The van der Waals surface area contributed by atoms with Crippen LogP contribution in [0, 0.1) is 5.41 Å². The highest BCUT2D eigenvalue weighted by molar-refractivity contribution is 7.17. The summed E-state index contributed by atoms with van der Waals surface area (Å²) in [5.74, 6) is 1.19. The minimum Gasteiger partial charge on any atom is -0.352 e. The maximum atomic E-state index is 12.9. The van der Waals surface area contributed by atoms with Crippen molar-refractivity contribution < 1.29 is 4.79 Å². The predicted octanol–water partition coefficient (Wildman–Crippen LogP) is 2.95. The lowest BCUT2D eigenvalue weighted by Gasteiger charge is -2.40. The number of fused-ring (bicyclic) bond motifs is 1. The van der Waals surface area contributed by atoms with Gasteiger partial charge in [-0.3, -0.25) is 4.79 Å². The zero-order valence-corrected chi connectivity index (χ0v) is 17.6. The molecule has 1 aliphatic rings. The Bertz CT molecular complexity index is 706. The molecule has 9 heteroatoms. The average molecular weight is 420 g/mol. The quantitative estimate of drug-likeness (QED) is 0.805. The molecule has 2 aromatic rings. The van der Waals surface area contributed by atoms with Gasteiger partial charge < -0.3 is 15.5 Å². The van der Waals surface area contributed by atoms with Gasteiger partial charge in [-0.2, -0.15) is 0 Å². The van der Waals surface area contributed by atoms with Gasteiger partial charge >= 0.3 is 0 Å². The molecule has 1 saturated heterocycles. The van der Waals surface area contributed by atoms with Crippen LogP contribution < -0.4 is 10.6 Å². The van der Waals surface area contributed by atoms with Gasteiger partial charge in [0.1, 0.15) is 12.1 Å². The first-order chi connectivity index (χ1) is 11.6.